The van der Waals surface area contributed by atoms with Crippen LogP contribution < -0.4 is 27.8 Å². The first-order chi connectivity index (χ1) is 23.4. The minimum Gasteiger partial charge on any atom is -0.370 e. The van der Waals surface area contributed by atoms with E-state index in [9.17, 15) is 24.0 Å². The molecule has 0 unspecified atom stereocenters. The third-order valence-corrected chi connectivity index (χ3v) is 9.30. The highest BCUT2D eigenvalue weighted by atomic mass is 127. The van der Waals surface area contributed by atoms with E-state index < -0.39 is 41.8 Å². The summed E-state index contributed by atoms with van der Waals surface area (Å²) in [7, 11) is 0. The molecule has 14 heteroatoms. The summed E-state index contributed by atoms with van der Waals surface area (Å²) < 4.78 is 1.01. The third kappa shape index (κ3) is 11.0. The number of fused-ring (bicyclic) bond motifs is 1. The second-order valence-corrected chi connectivity index (χ2v) is 13.6. The van der Waals surface area contributed by atoms with Crippen LogP contribution in [0.15, 0.2) is 70.3 Å². The van der Waals surface area contributed by atoms with Gasteiger partial charge in [-0.3, -0.25) is 34.0 Å². The highest BCUT2D eigenvalue weighted by molar-refractivity contribution is 14.1. The number of amides is 4. The van der Waals surface area contributed by atoms with Crippen LogP contribution >= 0.6 is 22.6 Å². The van der Waals surface area contributed by atoms with Crippen molar-refractivity contribution in [2.24, 2.45) is 33.1 Å². The van der Waals surface area contributed by atoms with Crippen molar-refractivity contribution in [3.63, 3.8) is 0 Å². The maximum atomic E-state index is 14.4. The van der Waals surface area contributed by atoms with Gasteiger partial charge in [0.15, 0.2) is 11.7 Å². The first-order valence-electron chi connectivity index (χ1n) is 16.2. The van der Waals surface area contributed by atoms with Crippen LogP contribution in [-0.4, -0.2) is 71.2 Å². The van der Waals surface area contributed by atoms with Gasteiger partial charge in [-0.25, -0.2) is 0 Å². The summed E-state index contributed by atoms with van der Waals surface area (Å²) in [5, 5.41) is 5.51. The van der Waals surface area contributed by atoms with Gasteiger partial charge < -0.3 is 32.7 Å². The number of rotatable bonds is 16. The molecule has 2 heterocycles. The van der Waals surface area contributed by atoms with E-state index in [1.54, 1.807) is 12.4 Å². The zero-order valence-electron chi connectivity index (χ0n) is 27.4. The van der Waals surface area contributed by atoms with Gasteiger partial charge in [-0.05, 0) is 82.7 Å². The Morgan fingerprint density at radius 1 is 0.980 bits per heavy atom. The minimum atomic E-state index is -1.01. The van der Waals surface area contributed by atoms with Crippen LogP contribution in [0.4, 0.5) is 0 Å². The lowest BCUT2D eigenvalue weighted by atomic mass is 9.87. The average molecular weight is 783 g/mol. The number of primary amides is 1. The number of carbonyl (C=O) groups is 5. The molecule has 0 radical (unpaired) electrons. The smallest absolute Gasteiger partial charge is 0.243 e. The monoisotopic (exact) mass is 782 g/mol. The molecule has 4 amide bonds. The first kappa shape index (κ1) is 37.2. The number of guanidine groups is 1. The number of benzene rings is 2. The number of nitrogens with one attached hydrogen (secondary N) is 2. The molecule has 0 bridgehead atoms. The van der Waals surface area contributed by atoms with Gasteiger partial charge in [0.1, 0.15) is 12.1 Å². The molecule has 2 aromatic rings. The fourth-order valence-electron chi connectivity index (χ4n) is 6.10. The number of carbonyl (C=O) groups excluding carboxylic acids is 5. The second kappa shape index (κ2) is 17.7. The standard InChI is InChI=1S/C35H43IN8O5/c1-21(45)42-29(16-23-12-14-40-19-23)33(48)43-28(7-4-13-41-35(38)39)31(46)18-26(15-22-8-10-27(36)11-9-22)34(49)44-20-25-6-3-2-5-24(25)17-30(44)32(37)47/h2-3,5-6,8-11,14,19,26,28-30H,4,7,12-13,15-18,20H2,1H3,(H2,37,47)(H,42,45)(H,43,48)(H4,38,39,41)/t26-,28-,29-,30-/m0/s1. The first-order valence-corrected chi connectivity index (χ1v) is 17.2. The largest absolute Gasteiger partial charge is 0.370 e. The van der Waals surface area contributed by atoms with Crippen molar-refractivity contribution in [3.8, 4) is 0 Å². The number of ketones is 1. The number of hydrogen-bond donors (Lipinski definition) is 5. The highest BCUT2D eigenvalue weighted by Crippen LogP contribution is 2.28. The molecule has 4 atom stereocenters. The van der Waals surface area contributed by atoms with Gasteiger partial charge in [0.2, 0.25) is 23.6 Å². The Kier molecular flexibility index (Phi) is 13.4. The third-order valence-electron chi connectivity index (χ3n) is 8.58. The van der Waals surface area contributed by atoms with Gasteiger partial charge in [0.05, 0.1) is 6.04 Å². The summed E-state index contributed by atoms with van der Waals surface area (Å²) in [6, 6.07) is 12.4. The van der Waals surface area contributed by atoms with E-state index in [1.165, 1.54) is 11.8 Å². The molecule has 2 aliphatic heterocycles. The van der Waals surface area contributed by atoms with E-state index >= 15 is 0 Å². The van der Waals surface area contributed by atoms with Gasteiger partial charge >= 0.3 is 0 Å². The Hall–Kier alpha value is -4.60. The molecule has 0 saturated heterocycles. The van der Waals surface area contributed by atoms with Crippen molar-refractivity contribution >= 4 is 64.2 Å². The zero-order valence-corrected chi connectivity index (χ0v) is 29.6. The Morgan fingerprint density at radius 2 is 1.69 bits per heavy atom. The predicted molar refractivity (Wildman–Crippen MR) is 195 cm³/mol. The molecule has 260 valence electrons. The summed E-state index contributed by atoms with van der Waals surface area (Å²) in [4.78, 5) is 76.4. The summed E-state index contributed by atoms with van der Waals surface area (Å²) in [5.74, 6) is -3.27. The molecule has 8 N–H and O–H groups in total. The molecule has 0 fully saturated rings. The van der Waals surface area contributed by atoms with E-state index in [1.807, 2.05) is 48.5 Å². The molecule has 2 aromatic carbocycles. The van der Waals surface area contributed by atoms with E-state index in [2.05, 4.69) is 43.2 Å². The van der Waals surface area contributed by atoms with Crippen molar-refractivity contribution < 1.29 is 24.0 Å². The van der Waals surface area contributed by atoms with Crippen LogP contribution in [0.25, 0.3) is 0 Å². The van der Waals surface area contributed by atoms with Crippen molar-refractivity contribution in [2.45, 2.75) is 76.5 Å². The molecule has 13 nitrogen and oxygen atoms in total. The number of halogens is 1. The van der Waals surface area contributed by atoms with Gasteiger partial charge in [-0.1, -0.05) is 36.4 Å². The topological polar surface area (TPSA) is 215 Å². The van der Waals surface area contributed by atoms with Crippen LogP contribution in [-0.2, 0) is 43.4 Å². The van der Waals surface area contributed by atoms with Gasteiger partial charge in [-0.2, -0.15) is 0 Å². The van der Waals surface area contributed by atoms with Crippen molar-refractivity contribution in [1.82, 2.24) is 15.5 Å². The molecule has 4 rings (SSSR count). The highest BCUT2D eigenvalue weighted by Gasteiger charge is 2.38. The molecule has 0 saturated carbocycles. The van der Waals surface area contributed by atoms with Crippen LogP contribution in [0.2, 0.25) is 0 Å². The maximum absolute atomic E-state index is 14.4. The van der Waals surface area contributed by atoms with Gasteiger partial charge in [0, 0.05) is 61.2 Å². The van der Waals surface area contributed by atoms with Crippen LogP contribution in [0.5, 0.6) is 0 Å². The van der Waals surface area contributed by atoms with E-state index in [4.69, 9.17) is 17.2 Å². The van der Waals surface area contributed by atoms with Gasteiger partial charge in [-0.15, -0.1) is 0 Å². The van der Waals surface area contributed by atoms with E-state index in [0.717, 1.165) is 25.8 Å². The lowest BCUT2D eigenvalue weighted by Gasteiger charge is -2.37. The number of aliphatic imine (C=N–C) groups is 2. The Bertz CT molecular complexity index is 1640. The summed E-state index contributed by atoms with van der Waals surface area (Å²) in [6.45, 7) is 1.72. The summed E-state index contributed by atoms with van der Waals surface area (Å²) in [6.07, 6.45) is 4.97. The number of nitrogens with two attached hydrogens (primary N) is 3. The fraction of sp³-hybridized carbons (Fsp3) is 0.400. The van der Waals surface area contributed by atoms with E-state index in [-0.39, 0.29) is 62.8 Å². The summed E-state index contributed by atoms with van der Waals surface area (Å²) in [5.41, 5.74) is 20.3. The molecule has 0 spiro atoms. The van der Waals surface area contributed by atoms with Crippen LogP contribution in [0.1, 0.15) is 55.7 Å². The summed E-state index contributed by atoms with van der Waals surface area (Å²) >= 11 is 2.19. The number of nitrogens with zero attached hydrogens (tertiary/aromatic N) is 3. The Labute approximate surface area is 299 Å². The van der Waals surface area contributed by atoms with E-state index in [0.29, 0.717) is 12.8 Å². The van der Waals surface area contributed by atoms with Crippen molar-refractivity contribution in [3.05, 3.63) is 80.6 Å². The molecule has 2 aliphatic rings. The minimum absolute atomic E-state index is 0.0972. The molecular formula is C35H43IN8O5. The average Bonchev–Trinajstić information content (AvgIpc) is 3.58. The lowest BCUT2D eigenvalue weighted by Crippen LogP contribution is -2.54. The van der Waals surface area contributed by atoms with Crippen LogP contribution in [0.3, 0.4) is 0 Å². The quantitative estimate of drug-likeness (QED) is 0.0734. The number of Topliss-reactive ketones (excluding diaryl/α,β-unsaturated/α-hetero) is 1. The Morgan fingerprint density at radius 3 is 2.33 bits per heavy atom. The SMILES string of the molecule is CC(=O)N[C@@H](CC1=CN=CC1)C(=O)N[C@@H](CCCN=C(N)N)C(=O)C[C@H](Cc1ccc(I)cc1)C(=O)N1Cc2ccccc2C[C@H]1C(N)=O. The Balaban J connectivity index is 1.61. The van der Waals surface area contributed by atoms with Crippen LogP contribution in [0, 0.1) is 9.49 Å². The zero-order chi connectivity index (χ0) is 35.5. The van der Waals surface area contributed by atoms with Gasteiger partial charge in [0.25, 0.3) is 0 Å². The van der Waals surface area contributed by atoms with Crippen molar-refractivity contribution in [2.75, 3.05) is 6.54 Å². The maximum Gasteiger partial charge on any atom is 0.243 e. The van der Waals surface area contributed by atoms with Crippen molar-refractivity contribution in [1.29, 1.82) is 0 Å². The molecule has 0 aliphatic carbocycles. The normalized spacial score (nSPS) is 16.8. The number of hydrogen-bond acceptors (Lipinski definition) is 7. The molecular weight excluding hydrogens is 739 g/mol. The fourth-order valence-corrected chi connectivity index (χ4v) is 6.46. The predicted octanol–water partition coefficient (Wildman–Crippen LogP) is 1.64. The molecule has 49 heavy (non-hydrogen) atoms. The molecule has 0 aromatic heterocycles. The second-order valence-electron chi connectivity index (χ2n) is 12.3. The lowest BCUT2D eigenvalue weighted by molar-refractivity contribution is -0.145.